The largest absolute Gasteiger partial charge is 0.386 e. The highest BCUT2D eigenvalue weighted by Gasteiger charge is 2.30. The van der Waals surface area contributed by atoms with E-state index >= 15 is 0 Å². The molecule has 2 heterocycles. The molecule has 0 spiro atoms. The Morgan fingerprint density at radius 1 is 1.29 bits per heavy atom. The number of amidine groups is 1. The van der Waals surface area contributed by atoms with Crippen molar-refractivity contribution in [3.63, 3.8) is 0 Å². The van der Waals surface area contributed by atoms with Crippen molar-refractivity contribution >= 4 is 33.3 Å². The van der Waals surface area contributed by atoms with E-state index in [2.05, 4.69) is 32.2 Å². The maximum absolute atomic E-state index is 12.9. The molecular weight excluding hydrogens is 404 g/mol. The number of nitrogens with zero attached hydrogens (tertiary/aromatic N) is 1. The van der Waals surface area contributed by atoms with Crippen LogP contribution < -0.4 is 11.1 Å². The Bertz CT molecular complexity index is 1110. The van der Waals surface area contributed by atoms with Crippen LogP contribution in [0.5, 0.6) is 0 Å². The second-order valence-electron chi connectivity index (χ2n) is 9.58. The summed E-state index contributed by atoms with van der Waals surface area (Å²) in [6.07, 6.45) is 3.69. The normalized spacial score (nSPS) is 17.2. The summed E-state index contributed by atoms with van der Waals surface area (Å²) in [5, 5.41) is 11.9. The molecule has 0 aliphatic heterocycles. The number of rotatable bonds is 5. The first kappa shape index (κ1) is 21.5. The van der Waals surface area contributed by atoms with Crippen molar-refractivity contribution in [2.75, 3.05) is 0 Å². The molecule has 6 heteroatoms. The number of carbonyl (C=O) groups is 1. The maximum atomic E-state index is 12.9. The molecule has 31 heavy (non-hydrogen) atoms. The van der Waals surface area contributed by atoms with Crippen LogP contribution >= 0.6 is 11.3 Å². The molecule has 1 aliphatic carbocycles. The highest BCUT2D eigenvalue weighted by molar-refractivity contribution is 7.20. The van der Waals surface area contributed by atoms with Crippen LogP contribution in [-0.2, 0) is 19.3 Å². The fourth-order valence-corrected chi connectivity index (χ4v) is 5.23. The molecule has 4 rings (SSSR count). The molecule has 0 radical (unpaired) electrons. The number of hydrogen-bond donors (Lipinski definition) is 3. The maximum Gasteiger partial charge on any atom is 0.262 e. The molecule has 0 fully saturated rings. The van der Waals surface area contributed by atoms with E-state index in [9.17, 15) is 4.79 Å². The third-order valence-corrected chi connectivity index (χ3v) is 7.33. The molecule has 1 amide bonds. The molecule has 2 atom stereocenters. The molecule has 0 saturated heterocycles. The van der Waals surface area contributed by atoms with E-state index < -0.39 is 6.04 Å². The van der Waals surface area contributed by atoms with Crippen LogP contribution in [0.1, 0.15) is 53.7 Å². The standard InChI is InChI=1S/C25H30N4OS/c1-25(2,3)18-9-10-19-16(13-18)12-17-14-21(31-24(17)29-19)23(30)28-20(22(26)27)11-15-7-5-4-6-8-15/h4-8,12,14,18,20H,9-11,13H2,1-3H3,(H3,26,27)(H,28,30)/t18?,20-/m0/s1. The van der Waals surface area contributed by atoms with Crippen molar-refractivity contribution in [1.29, 1.82) is 5.41 Å². The average molecular weight is 435 g/mol. The molecular formula is C25H30N4OS. The number of hydrogen-bond acceptors (Lipinski definition) is 4. The van der Waals surface area contributed by atoms with Gasteiger partial charge in [0.25, 0.3) is 5.91 Å². The Labute approximate surface area is 187 Å². The summed E-state index contributed by atoms with van der Waals surface area (Å²) in [5.74, 6) is 0.403. The Balaban J connectivity index is 1.54. The first-order chi connectivity index (χ1) is 14.7. The number of benzene rings is 1. The van der Waals surface area contributed by atoms with E-state index in [0.29, 0.717) is 17.2 Å². The van der Waals surface area contributed by atoms with Gasteiger partial charge in [0.05, 0.1) is 10.9 Å². The van der Waals surface area contributed by atoms with Crippen LogP contribution in [0, 0.1) is 16.7 Å². The molecule has 3 aromatic rings. The topological polar surface area (TPSA) is 91.9 Å². The first-order valence-electron chi connectivity index (χ1n) is 10.8. The molecule has 1 aromatic carbocycles. The number of thiophene rings is 1. The van der Waals surface area contributed by atoms with Gasteiger partial charge in [-0.05, 0) is 60.3 Å². The van der Waals surface area contributed by atoms with Crippen LogP contribution in [0.2, 0.25) is 0 Å². The van der Waals surface area contributed by atoms with E-state index in [1.54, 1.807) is 0 Å². The van der Waals surface area contributed by atoms with Crippen LogP contribution in [0.25, 0.3) is 10.2 Å². The average Bonchev–Trinajstić information content (AvgIpc) is 3.14. The van der Waals surface area contributed by atoms with Crippen molar-refractivity contribution in [3.05, 3.63) is 64.2 Å². The van der Waals surface area contributed by atoms with Gasteiger partial charge >= 0.3 is 0 Å². The van der Waals surface area contributed by atoms with Crippen LogP contribution in [0.15, 0.2) is 42.5 Å². The van der Waals surface area contributed by atoms with Gasteiger partial charge < -0.3 is 11.1 Å². The van der Waals surface area contributed by atoms with Crippen LogP contribution in [-0.4, -0.2) is 22.8 Å². The van der Waals surface area contributed by atoms with Gasteiger partial charge in [-0.25, -0.2) is 4.98 Å². The predicted octanol–water partition coefficient (Wildman–Crippen LogP) is 4.72. The van der Waals surface area contributed by atoms with Crippen molar-refractivity contribution in [2.45, 2.75) is 52.5 Å². The zero-order valence-electron chi connectivity index (χ0n) is 18.4. The molecule has 162 valence electrons. The predicted molar refractivity (Wildman–Crippen MR) is 128 cm³/mol. The van der Waals surface area contributed by atoms with Crippen molar-refractivity contribution in [3.8, 4) is 0 Å². The molecule has 2 aromatic heterocycles. The smallest absolute Gasteiger partial charge is 0.262 e. The Morgan fingerprint density at radius 2 is 2.03 bits per heavy atom. The number of fused-ring (bicyclic) bond motifs is 2. The fraction of sp³-hybridized carbons (Fsp3) is 0.400. The SMILES string of the molecule is CC(C)(C)C1CCc2nc3sc(C(=O)N[C@@H](Cc4ccccc4)C(=N)N)cc3cc2C1. The van der Waals surface area contributed by atoms with Gasteiger partial charge in [-0.3, -0.25) is 10.2 Å². The second-order valence-corrected chi connectivity index (χ2v) is 10.6. The Hall–Kier alpha value is -2.73. The lowest BCUT2D eigenvalue weighted by atomic mass is 9.71. The molecule has 5 nitrogen and oxygen atoms in total. The van der Waals surface area contributed by atoms with Gasteiger partial charge in [0.2, 0.25) is 0 Å². The minimum absolute atomic E-state index is 0.0416. The van der Waals surface area contributed by atoms with E-state index in [-0.39, 0.29) is 17.2 Å². The summed E-state index contributed by atoms with van der Waals surface area (Å²) in [6.45, 7) is 6.92. The molecule has 0 bridgehead atoms. The van der Waals surface area contributed by atoms with Gasteiger partial charge in [0.1, 0.15) is 10.7 Å². The first-order valence-corrected chi connectivity index (χ1v) is 11.6. The van der Waals surface area contributed by atoms with E-state index in [1.807, 2.05) is 36.4 Å². The summed E-state index contributed by atoms with van der Waals surface area (Å²) in [7, 11) is 0. The quantitative estimate of drug-likeness (QED) is 0.401. The highest BCUT2D eigenvalue weighted by atomic mass is 32.1. The summed E-state index contributed by atoms with van der Waals surface area (Å²) >= 11 is 1.41. The summed E-state index contributed by atoms with van der Waals surface area (Å²) < 4.78 is 0. The van der Waals surface area contributed by atoms with Gasteiger partial charge in [-0.2, -0.15) is 0 Å². The van der Waals surface area contributed by atoms with Gasteiger partial charge in [-0.15, -0.1) is 11.3 Å². The summed E-state index contributed by atoms with van der Waals surface area (Å²) in [5.41, 5.74) is 9.58. The third-order valence-electron chi connectivity index (χ3n) is 6.28. The number of nitrogens with two attached hydrogens (primary N) is 1. The Kier molecular flexibility index (Phi) is 5.84. The zero-order chi connectivity index (χ0) is 22.2. The molecule has 1 aliphatic rings. The molecule has 0 saturated carbocycles. The molecule has 4 N–H and O–H groups in total. The third kappa shape index (κ3) is 4.79. The van der Waals surface area contributed by atoms with Crippen molar-refractivity contribution in [2.24, 2.45) is 17.1 Å². The number of nitrogens with one attached hydrogen (secondary N) is 2. The van der Waals surface area contributed by atoms with Crippen molar-refractivity contribution in [1.82, 2.24) is 10.3 Å². The van der Waals surface area contributed by atoms with E-state index in [0.717, 1.165) is 35.0 Å². The summed E-state index contributed by atoms with van der Waals surface area (Å²) in [6, 6.07) is 13.4. The molecule has 1 unspecified atom stereocenters. The Morgan fingerprint density at radius 3 is 2.71 bits per heavy atom. The van der Waals surface area contributed by atoms with E-state index in [4.69, 9.17) is 16.1 Å². The lowest BCUT2D eigenvalue weighted by molar-refractivity contribution is 0.0950. The lowest BCUT2D eigenvalue weighted by Gasteiger charge is -2.34. The van der Waals surface area contributed by atoms with Gasteiger partial charge in [0, 0.05) is 11.1 Å². The van der Waals surface area contributed by atoms with Crippen LogP contribution in [0.3, 0.4) is 0 Å². The van der Waals surface area contributed by atoms with Gasteiger partial charge in [-0.1, -0.05) is 51.1 Å². The number of aryl methyl sites for hydroxylation is 1. The zero-order valence-corrected chi connectivity index (χ0v) is 19.2. The minimum atomic E-state index is -0.533. The minimum Gasteiger partial charge on any atom is -0.386 e. The monoisotopic (exact) mass is 434 g/mol. The lowest BCUT2D eigenvalue weighted by Crippen LogP contribution is -2.45. The summed E-state index contributed by atoms with van der Waals surface area (Å²) in [4.78, 5) is 19.3. The fourth-order valence-electron chi connectivity index (χ4n) is 4.29. The van der Waals surface area contributed by atoms with Crippen molar-refractivity contribution < 1.29 is 4.79 Å². The van der Waals surface area contributed by atoms with E-state index in [1.165, 1.54) is 22.6 Å². The second kappa shape index (κ2) is 8.42. The highest BCUT2D eigenvalue weighted by Crippen LogP contribution is 2.38. The number of pyridine rings is 1. The number of aromatic nitrogens is 1. The number of amides is 1. The van der Waals surface area contributed by atoms with Gasteiger partial charge in [0.15, 0.2) is 0 Å². The number of carbonyl (C=O) groups excluding carboxylic acids is 1. The van der Waals surface area contributed by atoms with Crippen LogP contribution in [0.4, 0.5) is 0 Å².